The molecule has 0 spiro atoms. The summed E-state index contributed by atoms with van der Waals surface area (Å²) in [6, 6.07) is 22.3. The van der Waals surface area contributed by atoms with Gasteiger partial charge >= 0.3 is 0 Å². The number of nitrogen functional groups attached to an aromatic ring is 1. The lowest BCUT2D eigenvalue weighted by Gasteiger charge is -1.94. The lowest BCUT2D eigenvalue weighted by molar-refractivity contribution is 0.0997. The molecule has 0 radical (unpaired) electrons. The molecule has 29 heavy (non-hydrogen) atoms. The van der Waals surface area contributed by atoms with Gasteiger partial charge in [0.2, 0.25) is 0 Å². The van der Waals surface area contributed by atoms with Crippen LogP contribution < -0.4 is 17.2 Å². The van der Waals surface area contributed by atoms with Crippen molar-refractivity contribution < 1.29 is 4.79 Å². The molecule has 0 fully saturated rings. The molecule has 0 amide bonds. The molecule has 0 aliphatic carbocycles. The van der Waals surface area contributed by atoms with E-state index in [1.807, 2.05) is 42.5 Å². The molecule has 1 aromatic heterocycles. The number of hydrogen-bond donors (Lipinski definition) is 3. The molecule has 0 saturated carbocycles. The van der Waals surface area contributed by atoms with Gasteiger partial charge in [0.25, 0.3) is 0 Å². The van der Waals surface area contributed by atoms with Gasteiger partial charge in [-0.05, 0) is 12.2 Å². The third kappa shape index (κ3) is 8.63. The number of rotatable bonds is 3. The molecule has 6 N–H and O–H groups in total. The van der Waals surface area contributed by atoms with Crippen LogP contribution >= 0.6 is 23.6 Å². The van der Waals surface area contributed by atoms with E-state index in [-0.39, 0.29) is 17.3 Å². The van der Waals surface area contributed by atoms with Crippen LogP contribution in [0.1, 0.15) is 21.7 Å². The lowest BCUT2D eigenvalue weighted by Crippen LogP contribution is -2.18. The topological polar surface area (TPSA) is 156 Å². The molecule has 0 unspecified atom stereocenters. The molecule has 3 aromatic rings. The van der Waals surface area contributed by atoms with Gasteiger partial charge in [0.05, 0.1) is 12.5 Å². The van der Waals surface area contributed by atoms with E-state index >= 15 is 0 Å². The number of hydrogen-bond acceptors (Lipinski definition) is 7. The van der Waals surface area contributed by atoms with Gasteiger partial charge in [-0.25, -0.2) is 4.98 Å². The number of ketones is 1. The summed E-state index contributed by atoms with van der Waals surface area (Å²) < 4.78 is 0. The second-order valence-electron chi connectivity index (χ2n) is 5.23. The van der Waals surface area contributed by atoms with Gasteiger partial charge in [-0.3, -0.25) is 4.79 Å². The molecule has 2 aromatic carbocycles. The maximum atomic E-state index is 11.0. The van der Waals surface area contributed by atoms with Crippen molar-refractivity contribution in [3.8, 4) is 23.4 Å². The Labute approximate surface area is 178 Å². The lowest BCUT2D eigenvalue weighted by atomic mass is 10.1. The van der Waals surface area contributed by atoms with E-state index in [2.05, 4.69) is 34.7 Å². The second-order valence-corrected chi connectivity index (χ2v) is 6.74. The average Bonchev–Trinajstić information content (AvgIpc) is 3.10. The van der Waals surface area contributed by atoms with Crippen LogP contribution in [0.5, 0.6) is 0 Å². The summed E-state index contributed by atoms with van der Waals surface area (Å²) in [5.41, 5.74) is 17.0. The number of Topliss-reactive ketones (excluding diaryl/α,β-unsaturated/α-hetero) is 1. The Bertz CT molecular complexity index is 1020. The Morgan fingerprint density at radius 2 is 1.55 bits per heavy atom. The summed E-state index contributed by atoms with van der Waals surface area (Å²) in [5, 5.41) is 17.5. The number of nitrogens with zero attached hydrogens (tertiary/aromatic N) is 3. The van der Waals surface area contributed by atoms with Crippen molar-refractivity contribution in [1.82, 2.24) is 4.98 Å². The summed E-state index contributed by atoms with van der Waals surface area (Å²) in [4.78, 5) is 15.7. The highest BCUT2D eigenvalue weighted by molar-refractivity contribution is 7.80. The van der Waals surface area contributed by atoms with E-state index in [9.17, 15) is 4.79 Å². The first-order valence-corrected chi connectivity index (χ1v) is 9.33. The predicted octanol–water partition coefficient (Wildman–Crippen LogP) is 3.24. The molecule has 0 atom stereocenters. The standard InChI is InChI=1S/C10H7N3S.C9H7NO.CH4N2S/c11-6-8-9(13-10(12)14-8)7-4-2-1-3-5-7;10-7-6-9(11)8-4-2-1-3-5-8;2-1(3)4/h1-5H,(H2,12,13);1-5H,6H2;(H4,2,3,4). The first-order chi connectivity index (χ1) is 13.9. The maximum absolute atomic E-state index is 11.0. The fourth-order valence-electron chi connectivity index (χ4n) is 2.00. The van der Waals surface area contributed by atoms with Crippen molar-refractivity contribution in [2.75, 3.05) is 5.73 Å². The highest BCUT2D eigenvalue weighted by Gasteiger charge is 2.10. The summed E-state index contributed by atoms with van der Waals surface area (Å²) in [6.45, 7) is 0. The quantitative estimate of drug-likeness (QED) is 0.429. The van der Waals surface area contributed by atoms with Crippen molar-refractivity contribution in [2.45, 2.75) is 6.42 Å². The van der Waals surface area contributed by atoms with Crippen LogP contribution in [0.4, 0.5) is 5.13 Å². The Morgan fingerprint density at radius 3 is 2.03 bits per heavy atom. The van der Waals surface area contributed by atoms with Crippen LogP contribution in [-0.4, -0.2) is 15.9 Å². The zero-order valence-corrected chi connectivity index (χ0v) is 16.9. The van der Waals surface area contributed by atoms with E-state index in [0.29, 0.717) is 21.3 Å². The molecule has 146 valence electrons. The summed E-state index contributed by atoms with van der Waals surface area (Å²) >= 11 is 5.31. The van der Waals surface area contributed by atoms with Gasteiger partial charge in [-0.1, -0.05) is 72.0 Å². The van der Waals surface area contributed by atoms with Gasteiger partial charge < -0.3 is 17.2 Å². The number of thiocarbonyl (C=S) groups is 1. The zero-order valence-electron chi connectivity index (χ0n) is 15.3. The van der Waals surface area contributed by atoms with Gasteiger partial charge in [0, 0.05) is 11.1 Å². The molecule has 0 aliphatic heterocycles. The molecular formula is C20H18N6OS2. The average molecular weight is 423 g/mol. The van der Waals surface area contributed by atoms with E-state index in [4.69, 9.17) is 16.3 Å². The molecule has 0 saturated heterocycles. The molecular weight excluding hydrogens is 404 g/mol. The minimum atomic E-state index is -0.117. The van der Waals surface area contributed by atoms with Gasteiger partial charge in [-0.15, -0.1) is 0 Å². The van der Waals surface area contributed by atoms with Crippen molar-refractivity contribution in [3.63, 3.8) is 0 Å². The first kappa shape index (κ1) is 23.2. The number of carbonyl (C=O) groups is 1. The minimum absolute atomic E-state index is 0.000000000000000222. The Morgan fingerprint density at radius 1 is 1.03 bits per heavy atom. The van der Waals surface area contributed by atoms with Crippen LogP contribution in [0.25, 0.3) is 11.3 Å². The Hall–Kier alpha value is -3.79. The van der Waals surface area contributed by atoms with Gasteiger partial charge in [0.1, 0.15) is 16.6 Å². The Balaban J connectivity index is 0.000000251. The molecule has 0 bridgehead atoms. The summed E-state index contributed by atoms with van der Waals surface area (Å²) in [6.07, 6.45) is -0.0377. The normalized spacial score (nSPS) is 8.76. The molecule has 0 aliphatic rings. The monoisotopic (exact) mass is 422 g/mol. The number of anilines is 1. The number of benzene rings is 2. The SMILES string of the molecule is N#CCC(=O)c1ccccc1.N#Cc1sc(N)nc1-c1ccccc1.NC(N)=S. The van der Waals surface area contributed by atoms with Crippen LogP contribution in [-0.2, 0) is 0 Å². The van der Waals surface area contributed by atoms with E-state index < -0.39 is 0 Å². The van der Waals surface area contributed by atoms with Gasteiger partial charge in [0.15, 0.2) is 16.0 Å². The van der Waals surface area contributed by atoms with Crippen LogP contribution in [0.15, 0.2) is 60.7 Å². The van der Waals surface area contributed by atoms with E-state index in [1.54, 1.807) is 24.3 Å². The largest absolute Gasteiger partial charge is 0.377 e. The predicted molar refractivity (Wildman–Crippen MR) is 119 cm³/mol. The zero-order chi connectivity index (χ0) is 21.6. The minimum Gasteiger partial charge on any atom is -0.377 e. The third-order valence-electron chi connectivity index (χ3n) is 3.13. The van der Waals surface area contributed by atoms with E-state index in [1.165, 1.54) is 11.3 Å². The van der Waals surface area contributed by atoms with Crippen molar-refractivity contribution in [1.29, 1.82) is 10.5 Å². The third-order valence-corrected chi connectivity index (χ3v) is 3.92. The smallest absolute Gasteiger partial charge is 0.181 e. The highest BCUT2D eigenvalue weighted by Crippen LogP contribution is 2.28. The van der Waals surface area contributed by atoms with Crippen molar-refractivity contribution >= 4 is 39.6 Å². The number of aromatic nitrogens is 1. The number of thiazole rings is 1. The summed E-state index contributed by atoms with van der Waals surface area (Å²) in [7, 11) is 0. The first-order valence-electron chi connectivity index (χ1n) is 8.11. The second kappa shape index (κ2) is 12.6. The molecule has 1 heterocycles. The highest BCUT2D eigenvalue weighted by atomic mass is 32.1. The summed E-state index contributed by atoms with van der Waals surface area (Å²) in [5.74, 6) is -0.117. The maximum Gasteiger partial charge on any atom is 0.181 e. The van der Waals surface area contributed by atoms with Crippen molar-refractivity contribution in [3.05, 3.63) is 71.1 Å². The fraction of sp³-hybridized carbons (Fsp3) is 0.0500. The molecule has 3 rings (SSSR count). The van der Waals surface area contributed by atoms with Crippen molar-refractivity contribution in [2.24, 2.45) is 11.5 Å². The number of nitriles is 2. The molecule has 9 heteroatoms. The van der Waals surface area contributed by atoms with Crippen LogP contribution in [0.2, 0.25) is 0 Å². The van der Waals surface area contributed by atoms with E-state index in [0.717, 1.165) is 5.56 Å². The van der Waals surface area contributed by atoms with Crippen LogP contribution in [0.3, 0.4) is 0 Å². The molecule has 7 nitrogen and oxygen atoms in total. The number of nitrogens with two attached hydrogens (primary N) is 3. The Kier molecular flexibility index (Phi) is 10.1. The number of carbonyl (C=O) groups excluding carboxylic acids is 1. The van der Waals surface area contributed by atoms with Crippen LogP contribution in [0, 0.1) is 22.7 Å². The van der Waals surface area contributed by atoms with Gasteiger partial charge in [-0.2, -0.15) is 10.5 Å². The fourth-order valence-corrected chi connectivity index (χ4v) is 2.65.